The van der Waals surface area contributed by atoms with Gasteiger partial charge >= 0.3 is 6.17 Å². The van der Waals surface area contributed by atoms with Crippen LogP contribution in [0.25, 0.3) is 54.9 Å². The Kier molecular flexibility index (Phi) is 6.01. The van der Waals surface area contributed by atoms with E-state index in [2.05, 4.69) is 186 Å². The summed E-state index contributed by atoms with van der Waals surface area (Å²) < 4.78 is 4.88. The molecule has 0 amide bonds. The number of fused-ring (bicyclic) bond motifs is 15. The lowest BCUT2D eigenvalue weighted by molar-refractivity contribution is -0.851. The van der Waals surface area contributed by atoms with E-state index in [-0.39, 0.29) is 6.17 Å². The summed E-state index contributed by atoms with van der Waals surface area (Å²) in [6.45, 7) is 3.28. The zero-order chi connectivity index (χ0) is 33.7. The molecule has 2 nitrogen and oxygen atoms in total. The lowest BCUT2D eigenvalue weighted by atomic mass is 9.70. The highest BCUT2D eigenvalue weighted by Crippen LogP contribution is 2.65. The van der Waals surface area contributed by atoms with Crippen molar-refractivity contribution in [2.75, 3.05) is 6.54 Å². The molecule has 0 N–H and O–H groups in total. The zero-order valence-corrected chi connectivity index (χ0v) is 28.6. The molecule has 0 bridgehead atoms. The van der Waals surface area contributed by atoms with Crippen LogP contribution in [-0.4, -0.2) is 17.3 Å². The van der Waals surface area contributed by atoms with Gasteiger partial charge in [0, 0.05) is 18.6 Å². The number of aromatic nitrogens is 1. The third-order valence-corrected chi connectivity index (χ3v) is 11.8. The maximum absolute atomic E-state index is 2.55. The van der Waals surface area contributed by atoms with Gasteiger partial charge in [-0.15, -0.1) is 4.57 Å². The van der Waals surface area contributed by atoms with Crippen molar-refractivity contribution in [1.29, 1.82) is 0 Å². The summed E-state index contributed by atoms with van der Waals surface area (Å²) in [7, 11) is 0. The van der Waals surface area contributed by atoms with E-state index >= 15 is 0 Å². The molecule has 1 aromatic heterocycles. The predicted molar refractivity (Wildman–Crippen MR) is 209 cm³/mol. The van der Waals surface area contributed by atoms with Gasteiger partial charge in [-0.3, -0.25) is 0 Å². The second-order valence-electron chi connectivity index (χ2n) is 14.3. The van der Waals surface area contributed by atoms with Crippen LogP contribution in [0, 0.1) is 0 Å². The number of rotatable bonds is 4. The Morgan fingerprint density at radius 3 is 1.94 bits per heavy atom. The molecule has 0 fully saturated rings. The molecule has 8 aromatic rings. The lowest BCUT2D eigenvalue weighted by Gasteiger charge is -2.31. The first-order valence-corrected chi connectivity index (χ1v) is 18.3. The number of pyridine rings is 1. The molecule has 1 aliphatic heterocycles. The van der Waals surface area contributed by atoms with E-state index in [1.807, 2.05) is 0 Å². The maximum atomic E-state index is 2.55. The molecule has 1 atom stereocenters. The Morgan fingerprint density at radius 1 is 0.529 bits per heavy atom. The van der Waals surface area contributed by atoms with Crippen molar-refractivity contribution in [3.63, 3.8) is 0 Å². The number of hydrogen-bond acceptors (Lipinski definition) is 0. The summed E-state index contributed by atoms with van der Waals surface area (Å²) in [6, 6.07) is 59.5. The molecule has 2 heterocycles. The van der Waals surface area contributed by atoms with E-state index in [0.717, 1.165) is 13.0 Å². The molecule has 51 heavy (non-hydrogen) atoms. The highest BCUT2D eigenvalue weighted by atomic mass is 15.3. The van der Waals surface area contributed by atoms with Crippen molar-refractivity contribution < 1.29 is 9.14 Å². The number of nitrogens with zero attached hydrogens (tertiary/aromatic N) is 2. The van der Waals surface area contributed by atoms with Gasteiger partial charge in [0.1, 0.15) is 6.54 Å². The molecule has 0 radical (unpaired) electrons. The van der Waals surface area contributed by atoms with Crippen LogP contribution < -0.4 is 4.57 Å². The first kappa shape index (κ1) is 28.7. The predicted octanol–water partition coefficient (Wildman–Crippen LogP) is 10.7. The largest absolute Gasteiger partial charge is 0.375 e. The molecule has 2 aliphatic carbocycles. The molecular formula is C49H36N2+2. The van der Waals surface area contributed by atoms with Crippen LogP contribution in [-0.2, 0) is 5.41 Å². The zero-order valence-electron chi connectivity index (χ0n) is 28.6. The summed E-state index contributed by atoms with van der Waals surface area (Å²) in [6.07, 6.45) is 5.79. The molecule has 7 aromatic carbocycles. The van der Waals surface area contributed by atoms with Gasteiger partial charge in [-0.25, -0.2) is 0 Å². The van der Waals surface area contributed by atoms with E-state index in [9.17, 15) is 0 Å². The van der Waals surface area contributed by atoms with E-state index in [1.165, 1.54) is 88.4 Å². The van der Waals surface area contributed by atoms with Crippen molar-refractivity contribution in [1.82, 2.24) is 0 Å². The molecule has 240 valence electrons. The van der Waals surface area contributed by atoms with Crippen LogP contribution in [0.2, 0.25) is 0 Å². The quantitative estimate of drug-likeness (QED) is 0.167. The van der Waals surface area contributed by atoms with Gasteiger partial charge in [0.15, 0.2) is 6.20 Å². The topological polar surface area (TPSA) is 6.89 Å². The monoisotopic (exact) mass is 652 g/mol. The first-order valence-electron chi connectivity index (χ1n) is 18.3. The normalized spacial score (nSPS) is 15.8. The fraction of sp³-hybridized carbons (Fsp3) is 0.102. The molecule has 1 spiro atoms. The summed E-state index contributed by atoms with van der Waals surface area (Å²) >= 11 is 0. The minimum Gasteiger partial charge on any atom is -0.165 e. The van der Waals surface area contributed by atoms with Gasteiger partial charge in [0.25, 0.3) is 5.69 Å². The van der Waals surface area contributed by atoms with Crippen LogP contribution in [0.3, 0.4) is 0 Å². The van der Waals surface area contributed by atoms with Crippen LogP contribution in [0.1, 0.15) is 53.0 Å². The average Bonchev–Trinajstić information content (AvgIpc) is 3.82. The Morgan fingerprint density at radius 2 is 1.18 bits per heavy atom. The van der Waals surface area contributed by atoms with Gasteiger partial charge < -0.3 is 0 Å². The average molecular weight is 653 g/mol. The third-order valence-electron chi connectivity index (χ3n) is 11.8. The summed E-state index contributed by atoms with van der Waals surface area (Å²) in [5.74, 6) is 0. The van der Waals surface area contributed by atoms with Crippen LogP contribution >= 0.6 is 0 Å². The highest BCUT2D eigenvalue weighted by Gasteiger charge is 2.52. The minimum absolute atomic E-state index is 0.157. The van der Waals surface area contributed by atoms with Gasteiger partial charge in [0.2, 0.25) is 6.21 Å². The van der Waals surface area contributed by atoms with E-state index in [0.29, 0.717) is 0 Å². The fourth-order valence-corrected chi connectivity index (χ4v) is 9.83. The molecule has 3 aliphatic rings. The smallest absolute Gasteiger partial charge is 0.165 e. The minimum atomic E-state index is -0.415. The van der Waals surface area contributed by atoms with Gasteiger partial charge in [-0.2, -0.15) is 4.58 Å². The number of benzene rings is 7. The molecule has 2 heteroatoms. The Hall–Kier alpha value is -6.12. The van der Waals surface area contributed by atoms with E-state index < -0.39 is 5.41 Å². The second kappa shape index (κ2) is 10.7. The molecule has 11 rings (SSSR count). The van der Waals surface area contributed by atoms with Crippen LogP contribution in [0.15, 0.2) is 164 Å². The Balaban J connectivity index is 1.19. The van der Waals surface area contributed by atoms with Crippen molar-refractivity contribution >= 4 is 27.8 Å². The van der Waals surface area contributed by atoms with Gasteiger partial charge in [-0.05, 0) is 101 Å². The van der Waals surface area contributed by atoms with E-state index in [1.54, 1.807) is 0 Å². The molecule has 0 saturated heterocycles. The van der Waals surface area contributed by atoms with E-state index in [4.69, 9.17) is 0 Å². The van der Waals surface area contributed by atoms with Gasteiger partial charge in [-0.1, -0.05) is 128 Å². The van der Waals surface area contributed by atoms with Crippen molar-refractivity contribution in [3.05, 3.63) is 197 Å². The van der Waals surface area contributed by atoms with Crippen LogP contribution in [0.5, 0.6) is 0 Å². The highest BCUT2D eigenvalue weighted by molar-refractivity contribution is 6.16. The number of hydrogen-bond donors (Lipinski definition) is 0. The SMILES string of the molecule is CCC[N+]1=Cc2cccc[n+]2C1c1ccc(-c2cc3c(c4ccccc24)-c2c(ccc4ccccc24)C32c3ccccc3-c3ccccc32)cc1. The standard InChI is InChI=1S/C49H36N2/c1-2-28-50-31-35-14-11-12-29-51(35)48(50)34-24-22-33(23-25-34)41-30-45-47(40-19-6-5-16-37(40)41)46-36-15-4-3-13-32(36)26-27-44(46)49(45)42-20-9-7-17-38(42)39-18-8-10-21-43(39)49/h3-27,29-31,48H,2,28H2,1H3/q+2. The fourth-order valence-electron chi connectivity index (χ4n) is 9.83. The summed E-state index contributed by atoms with van der Waals surface area (Å²) in [4.78, 5) is 0. The Labute approximate surface area is 298 Å². The summed E-state index contributed by atoms with van der Waals surface area (Å²) in [5, 5.41) is 5.21. The van der Waals surface area contributed by atoms with Crippen molar-refractivity contribution in [3.8, 4) is 33.4 Å². The van der Waals surface area contributed by atoms with Gasteiger partial charge in [0.05, 0.1) is 11.0 Å². The molecular weight excluding hydrogens is 617 g/mol. The maximum Gasteiger partial charge on any atom is 0.375 e. The van der Waals surface area contributed by atoms with Crippen molar-refractivity contribution in [2.24, 2.45) is 0 Å². The first-order chi connectivity index (χ1) is 25.3. The van der Waals surface area contributed by atoms with Crippen LogP contribution in [0.4, 0.5) is 0 Å². The molecule has 1 unspecified atom stereocenters. The molecule has 0 saturated carbocycles. The summed E-state index contributed by atoms with van der Waals surface area (Å²) in [5.41, 5.74) is 15.6. The van der Waals surface area contributed by atoms with Crippen molar-refractivity contribution in [2.45, 2.75) is 24.9 Å². The second-order valence-corrected chi connectivity index (χ2v) is 14.3. The Bertz CT molecular complexity index is 2720. The third kappa shape index (κ3) is 3.77. The lowest BCUT2D eigenvalue weighted by Crippen LogP contribution is -2.43.